The maximum Gasteiger partial charge on any atom is 0.231 e. The fraction of sp³-hybridized carbons (Fsp3) is 0.667. The summed E-state index contributed by atoms with van der Waals surface area (Å²) < 4.78 is 10.9. The molecule has 1 aliphatic heterocycles. The highest BCUT2D eigenvalue weighted by molar-refractivity contribution is 5.44. The van der Waals surface area contributed by atoms with Gasteiger partial charge in [-0.15, -0.1) is 0 Å². The van der Waals surface area contributed by atoms with E-state index in [4.69, 9.17) is 9.47 Å². The molecule has 0 unspecified atom stereocenters. The van der Waals surface area contributed by atoms with Crippen molar-refractivity contribution in [2.75, 3.05) is 6.79 Å². The van der Waals surface area contributed by atoms with E-state index >= 15 is 0 Å². The molecule has 2 nitrogen and oxygen atoms in total. The van der Waals surface area contributed by atoms with Gasteiger partial charge in [-0.05, 0) is 30.0 Å². The minimum Gasteiger partial charge on any atom is -0.454 e. The quantitative estimate of drug-likeness (QED) is 0.747. The van der Waals surface area contributed by atoms with E-state index in [1.807, 2.05) is 0 Å². The Kier molecular flexibility index (Phi) is 4.83. The molecule has 20 heavy (non-hydrogen) atoms. The lowest BCUT2D eigenvalue weighted by molar-refractivity contribution is 0.174. The zero-order valence-electron chi connectivity index (χ0n) is 12.4. The number of hydrogen-bond acceptors (Lipinski definition) is 2. The molecule has 3 rings (SSSR count). The van der Waals surface area contributed by atoms with Gasteiger partial charge in [0.15, 0.2) is 11.5 Å². The van der Waals surface area contributed by atoms with Crippen LogP contribution in [0.25, 0.3) is 0 Å². The van der Waals surface area contributed by atoms with E-state index in [0.717, 1.165) is 17.4 Å². The van der Waals surface area contributed by atoms with Crippen LogP contribution in [0.4, 0.5) is 0 Å². The first-order valence-corrected chi connectivity index (χ1v) is 8.30. The molecule has 2 aliphatic rings. The van der Waals surface area contributed by atoms with E-state index in [-0.39, 0.29) is 0 Å². The van der Waals surface area contributed by atoms with Crippen LogP contribution in [0.2, 0.25) is 0 Å². The minimum atomic E-state index is 0.377. The summed E-state index contributed by atoms with van der Waals surface area (Å²) in [5.41, 5.74) is 1.41. The molecule has 0 amide bonds. The van der Waals surface area contributed by atoms with E-state index < -0.39 is 0 Å². The Hall–Kier alpha value is -1.18. The monoisotopic (exact) mass is 274 g/mol. The van der Waals surface area contributed by atoms with Crippen LogP contribution in [0.3, 0.4) is 0 Å². The van der Waals surface area contributed by atoms with Crippen molar-refractivity contribution in [1.82, 2.24) is 0 Å². The summed E-state index contributed by atoms with van der Waals surface area (Å²) in [7, 11) is 0. The molecule has 1 fully saturated rings. The molecule has 0 aromatic heterocycles. The van der Waals surface area contributed by atoms with E-state index in [1.165, 1.54) is 69.8 Å². The van der Waals surface area contributed by atoms with Crippen LogP contribution in [0, 0.1) is 5.92 Å². The van der Waals surface area contributed by atoms with Crippen molar-refractivity contribution in [3.63, 3.8) is 0 Å². The van der Waals surface area contributed by atoms with Crippen LogP contribution >= 0.6 is 0 Å². The second-order valence-corrected chi connectivity index (χ2v) is 6.31. The lowest BCUT2D eigenvalue weighted by atomic mass is 9.87. The summed E-state index contributed by atoms with van der Waals surface area (Å²) in [5, 5.41) is 0. The second-order valence-electron chi connectivity index (χ2n) is 6.31. The smallest absolute Gasteiger partial charge is 0.231 e. The Morgan fingerprint density at radius 3 is 2.20 bits per heavy atom. The first kappa shape index (κ1) is 13.8. The van der Waals surface area contributed by atoms with Crippen molar-refractivity contribution in [2.45, 2.75) is 64.2 Å². The fourth-order valence-corrected chi connectivity index (χ4v) is 3.50. The third-order valence-corrected chi connectivity index (χ3v) is 4.69. The van der Waals surface area contributed by atoms with Crippen LogP contribution in [0.1, 0.15) is 63.4 Å². The highest BCUT2D eigenvalue weighted by atomic mass is 16.7. The number of ether oxygens (including phenoxy) is 2. The molecule has 1 aromatic rings. The SMILES string of the molecule is c1cc2c(cc1CC1CCCCCCCCC1)OCO2. The number of fused-ring (bicyclic) bond motifs is 1. The average Bonchev–Trinajstić information content (AvgIpc) is 2.93. The predicted molar refractivity (Wildman–Crippen MR) is 81.3 cm³/mol. The van der Waals surface area contributed by atoms with E-state index in [0.29, 0.717) is 6.79 Å². The molecule has 0 atom stereocenters. The van der Waals surface area contributed by atoms with Gasteiger partial charge in [-0.25, -0.2) is 0 Å². The Morgan fingerprint density at radius 1 is 0.800 bits per heavy atom. The molecule has 1 aromatic carbocycles. The van der Waals surface area contributed by atoms with Gasteiger partial charge in [-0.3, -0.25) is 0 Å². The van der Waals surface area contributed by atoms with Crippen molar-refractivity contribution < 1.29 is 9.47 Å². The maximum absolute atomic E-state index is 5.49. The van der Waals surface area contributed by atoms with Gasteiger partial charge < -0.3 is 9.47 Å². The second kappa shape index (κ2) is 7.01. The summed E-state index contributed by atoms with van der Waals surface area (Å²) in [6.45, 7) is 0.377. The van der Waals surface area contributed by atoms with Gasteiger partial charge in [0.1, 0.15) is 0 Å². The summed E-state index contributed by atoms with van der Waals surface area (Å²) in [4.78, 5) is 0. The molecule has 0 spiro atoms. The summed E-state index contributed by atoms with van der Waals surface area (Å²) >= 11 is 0. The molecule has 0 radical (unpaired) electrons. The minimum absolute atomic E-state index is 0.377. The number of hydrogen-bond donors (Lipinski definition) is 0. The third-order valence-electron chi connectivity index (χ3n) is 4.69. The van der Waals surface area contributed by atoms with Gasteiger partial charge in [0.25, 0.3) is 0 Å². The molecule has 0 saturated heterocycles. The lowest BCUT2D eigenvalue weighted by Gasteiger charge is -2.18. The first-order chi connectivity index (χ1) is 9.92. The summed E-state index contributed by atoms with van der Waals surface area (Å²) in [6.07, 6.45) is 14.0. The van der Waals surface area contributed by atoms with Gasteiger partial charge in [-0.2, -0.15) is 0 Å². The standard InChI is InChI=1S/C18H26O2/c1-2-4-6-8-15(9-7-5-3-1)12-16-10-11-17-18(13-16)20-14-19-17/h10-11,13,15H,1-9,12,14H2. The molecule has 1 aliphatic carbocycles. The highest BCUT2D eigenvalue weighted by Gasteiger charge is 2.16. The van der Waals surface area contributed by atoms with Crippen LogP contribution < -0.4 is 9.47 Å². The first-order valence-electron chi connectivity index (χ1n) is 8.30. The van der Waals surface area contributed by atoms with E-state index in [2.05, 4.69) is 18.2 Å². The normalized spacial score (nSPS) is 20.8. The predicted octanol–water partition coefficient (Wildman–Crippen LogP) is 5.10. The topological polar surface area (TPSA) is 18.5 Å². The van der Waals surface area contributed by atoms with Crippen molar-refractivity contribution in [3.8, 4) is 11.5 Å². The molecule has 0 bridgehead atoms. The molecule has 110 valence electrons. The Bertz CT molecular complexity index is 417. The van der Waals surface area contributed by atoms with Crippen molar-refractivity contribution >= 4 is 0 Å². The molecular weight excluding hydrogens is 248 g/mol. The van der Waals surface area contributed by atoms with Crippen LogP contribution in [-0.4, -0.2) is 6.79 Å². The Morgan fingerprint density at radius 2 is 1.45 bits per heavy atom. The van der Waals surface area contributed by atoms with Gasteiger partial charge in [0.2, 0.25) is 6.79 Å². The molecular formula is C18H26O2. The number of benzene rings is 1. The molecule has 0 N–H and O–H groups in total. The largest absolute Gasteiger partial charge is 0.454 e. The van der Waals surface area contributed by atoms with Gasteiger partial charge in [-0.1, -0.05) is 63.9 Å². The van der Waals surface area contributed by atoms with Crippen molar-refractivity contribution in [1.29, 1.82) is 0 Å². The summed E-state index contributed by atoms with van der Waals surface area (Å²) in [6, 6.07) is 6.46. The van der Waals surface area contributed by atoms with E-state index in [9.17, 15) is 0 Å². The Balaban J connectivity index is 1.59. The third kappa shape index (κ3) is 3.68. The zero-order valence-corrected chi connectivity index (χ0v) is 12.4. The maximum atomic E-state index is 5.49. The number of rotatable bonds is 2. The van der Waals surface area contributed by atoms with Crippen LogP contribution in [-0.2, 0) is 6.42 Å². The molecule has 1 heterocycles. The molecule has 1 saturated carbocycles. The van der Waals surface area contributed by atoms with Gasteiger partial charge in [0.05, 0.1) is 0 Å². The lowest BCUT2D eigenvalue weighted by Crippen LogP contribution is -2.06. The Labute approximate surface area is 122 Å². The fourth-order valence-electron chi connectivity index (χ4n) is 3.50. The van der Waals surface area contributed by atoms with Gasteiger partial charge in [0, 0.05) is 0 Å². The zero-order chi connectivity index (χ0) is 13.6. The highest BCUT2D eigenvalue weighted by Crippen LogP contribution is 2.34. The average molecular weight is 274 g/mol. The van der Waals surface area contributed by atoms with Crippen LogP contribution in [0.15, 0.2) is 18.2 Å². The van der Waals surface area contributed by atoms with Crippen LogP contribution in [0.5, 0.6) is 11.5 Å². The van der Waals surface area contributed by atoms with Crippen molar-refractivity contribution in [3.05, 3.63) is 23.8 Å². The van der Waals surface area contributed by atoms with Crippen molar-refractivity contribution in [2.24, 2.45) is 5.92 Å². The van der Waals surface area contributed by atoms with E-state index in [1.54, 1.807) is 0 Å². The molecule has 2 heteroatoms. The summed E-state index contributed by atoms with van der Waals surface area (Å²) in [5.74, 6) is 2.69. The van der Waals surface area contributed by atoms with Gasteiger partial charge >= 0.3 is 0 Å².